The molecule has 6 aromatic carbocycles. The van der Waals surface area contributed by atoms with E-state index in [0.717, 1.165) is 79.5 Å². The van der Waals surface area contributed by atoms with E-state index in [0.29, 0.717) is 47.3 Å². The van der Waals surface area contributed by atoms with Gasteiger partial charge in [-0.15, -0.1) is 9.36 Å². The van der Waals surface area contributed by atoms with Crippen LogP contribution in [-0.4, -0.2) is 9.36 Å². The molecule has 2 heterocycles. The SMILES string of the molecule is CC(C)c1cccc(C(C)C)c1-n1cc(-c2ccccc2)c[n+]1-c1c(C(C)C)cccc1C(C)C.CC(C)c1cccc(C(C)C)c1-n1cc(-c2ccccc2)c[n+]1-c1c(C(C)C)cccc1C(C)C.I[I-][I+][I-]I.I[I-][I+][I-]I. The first-order chi connectivity index (χ1) is 38.2. The summed E-state index contributed by atoms with van der Waals surface area (Å²) >= 11 is 14.8. The van der Waals surface area contributed by atoms with Crippen LogP contribution in [-0.2, 0) is 0 Å². The second kappa shape index (κ2) is 36.5. The van der Waals surface area contributed by atoms with Gasteiger partial charge < -0.3 is 0 Å². The molecule has 0 bridgehead atoms. The molecular formula is C66H82I10N4. The van der Waals surface area contributed by atoms with Crippen LogP contribution in [0, 0.1) is 0 Å². The Balaban J connectivity index is 0.000000251. The van der Waals surface area contributed by atoms with Gasteiger partial charge in [-0.05, 0) is 80.7 Å². The van der Waals surface area contributed by atoms with Crippen LogP contribution < -0.4 is 88.9 Å². The summed E-state index contributed by atoms with van der Waals surface area (Å²) in [7, 11) is 0. The number of nitrogens with zero attached hydrogens (tertiary/aromatic N) is 4. The second-order valence-corrected chi connectivity index (χ2v) is 120. The summed E-state index contributed by atoms with van der Waals surface area (Å²) in [5.74, 6) is 3.37. The van der Waals surface area contributed by atoms with Gasteiger partial charge in [0.1, 0.15) is 11.4 Å². The number of aromatic nitrogens is 4. The van der Waals surface area contributed by atoms with E-state index in [1.54, 1.807) is 0 Å². The van der Waals surface area contributed by atoms with E-state index in [9.17, 15) is 0 Å². The summed E-state index contributed by atoms with van der Waals surface area (Å²) in [4.78, 5) is 0. The topological polar surface area (TPSA) is 17.6 Å². The summed E-state index contributed by atoms with van der Waals surface area (Å²) < 4.78 is 9.72. The Labute approximate surface area is 568 Å². The molecular weight excluding hydrogens is 2120 g/mol. The van der Waals surface area contributed by atoms with Gasteiger partial charge in [0.05, 0.1) is 23.5 Å². The third-order valence-corrected chi connectivity index (χ3v) is 179. The van der Waals surface area contributed by atoms with Crippen molar-refractivity contribution in [1.82, 2.24) is 9.36 Å². The molecule has 0 N–H and O–H groups in total. The zero-order valence-corrected chi connectivity index (χ0v) is 70.8. The van der Waals surface area contributed by atoms with Crippen molar-refractivity contribution >= 4 is 74.5 Å². The van der Waals surface area contributed by atoms with Crippen LogP contribution in [0.2, 0.25) is 0 Å². The van der Waals surface area contributed by atoms with Gasteiger partial charge in [0.15, 0.2) is 0 Å². The molecule has 0 unspecified atom stereocenters. The predicted molar refractivity (Wildman–Crippen MR) is 354 cm³/mol. The Morgan fingerprint density at radius 2 is 0.525 bits per heavy atom. The third kappa shape index (κ3) is 19.5. The molecule has 8 rings (SSSR count). The zero-order valence-electron chi connectivity index (χ0n) is 49.2. The minimum absolute atomic E-state index is 0.421. The van der Waals surface area contributed by atoms with Gasteiger partial charge in [-0.25, -0.2) is 0 Å². The van der Waals surface area contributed by atoms with Crippen LogP contribution >= 0.6 is 74.5 Å². The fourth-order valence-corrected chi connectivity index (χ4v) is 220. The summed E-state index contributed by atoms with van der Waals surface area (Å²) in [6, 6.07) is 48.8. The fourth-order valence-electron chi connectivity index (χ4n) is 10.2. The Morgan fingerprint density at radius 3 is 0.725 bits per heavy atom. The molecule has 0 radical (unpaired) electrons. The molecule has 0 aliphatic rings. The molecule has 14 heteroatoms. The van der Waals surface area contributed by atoms with E-state index in [1.165, 1.54) is 89.5 Å². The third-order valence-electron chi connectivity index (χ3n) is 14.1. The number of benzene rings is 6. The van der Waals surface area contributed by atoms with Gasteiger partial charge in [0.25, 0.3) is 0 Å². The van der Waals surface area contributed by atoms with Gasteiger partial charge in [-0.3, -0.25) is 0 Å². The maximum absolute atomic E-state index is 2.57. The van der Waals surface area contributed by atoms with E-state index in [-0.39, 0.29) is 0 Å². The minimum atomic E-state index is 0.421. The molecule has 0 aliphatic carbocycles. The van der Waals surface area contributed by atoms with Gasteiger partial charge in [0.2, 0.25) is 23.8 Å². The number of hydrogen-bond donors (Lipinski definition) is 0. The first-order valence-electron chi connectivity index (χ1n) is 27.5. The quantitative estimate of drug-likeness (QED) is 0.0929. The molecule has 0 fully saturated rings. The average molecular weight is 2200 g/mol. The second-order valence-electron chi connectivity index (χ2n) is 22.2. The Kier molecular flexibility index (Phi) is 32.8. The fraction of sp³-hybridized carbons (Fsp3) is 0.364. The number of rotatable bonds is 18. The molecule has 436 valence electrons. The van der Waals surface area contributed by atoms with Crippen LogP contribution in [0.4, 0.5) is 0 Å². The molecule has 2 aromatic heterocycles. The molecule has 0 amide bonds. The van der Waals surface area contributed by atoms with E-state index >= 15 is 0 Å². The molecule has 0 saturated heterocycles. The predicted octanol–water partition coefficient (Wildman–Crippen LogP) is 3.40. The molecule has 8 aromatic rings. The van der Waals surface area contributed by atoms with Gasteiger partial charge in [-0.2, -0.15) is 0 Å². The standard InChI is InChI=1S/2C33H41N2.2I5/c2*1-22(2)28-16-12-17-29(23(3)4)32(28)34-20-27(26-14-10-9-11-15-26)21-35(34)33-30(24(5)6)18-13-19-31(33)25(7)8;2*1-3-5-4-2/h2*9-25H,1-8H3;;/q2*+1;2*-1. The van der Waals surface area contributed by atoms with Crippen molar-refractivity contribution in [3.63, 3.8) is 0 Å². The van der Waals surface area contributed by atoms with Crippen LogP contribution in [0.5, 0.6) is 0 Å². The van der Waals surface area contributed by atoms with Gasteiger partial charge >= 0.3 is 154 Å². The van der Waals surface area contributed by atoms with Crippen molar-refractivity contribution < 1.29 is 88.9 Å². The van der Waals surface area contributed by atoms with Crippen LogP contribution in [0.3, 0.4) is 0 Å². The van der Waals surface area contributed by atoms with Crippen LogP contribution in [0.25, 0.3) is 45.0 Å². The van der Waals surface area contributed by atoms with Crippen molar-refractivity contribution in [2.75, 3.05) is 0 Å². The Bertz CT molecular complexity index is 2660. The van der Waals surface area contributed by atoms with Crippen molar-refractivity contribution in [2.24, 2.45) is 0 Å². The number of halogens is 10. The van der Waals surface area contributed by atoms with E-state index in [1.807, 2.05) is 0 Å². The molecule has 80 heavy (non-hydrogen) atoms. The first-order valence-corrected chi connectivity index (χ1v) is 77.8. The van der Waals surface area contributed by atoms with Gasteiger partial charge in [-0.1, -0.05) is 254 Å². The Morgan fingerprint density at radius 1 is 0.300 bits per heavy atom. The van der Waals surface area contributed by atoms with E-state index < -0.39 is 0 Å². The number of para-hydroxylation sites is 4. The molecule has 0 saturated carbocycles. The molecule has 0 aliphatic heterocycles. The molecule has 0 atom stereocenters. The molecule has 4 nitrogen and oxygen atoms in total. The van der Waals surface area contributed by atoms with Crippen molar-refractivity contribution in [3.8, 4) is 45.0 Å². The zero-order chi connectivity index (χ0) is 58.8. The van der Waals surface area contributed by atoms with Crippen molar-refractivity contribution in [2.45, 2.75) is 158 Å². The van der Waals surface area contributed by atoms with Crippen LogP contribution in [0.15, 0.2) is 158 Å². The van der Waals surface area contributed by atoms with E-state index in [2.05, 4.69) is 362 Å². The summed E-state index contributed by atoms with van der Waals surface area (Å²) in [5.41, 5.74) is 21.2. The van der Waals surface area contributed by atoms with Crippen molar-refractivity contribution in [1.29, 1.82) is 0 Å². The number of hydrogen-bond acceptors (Lipinski definition) is 0. The van der Waals surface area contributed by atoms with Crippen LogP contribution in [0.1, 0.15) is 203 Å². The normalized spacial score (nSPS) is 11.7. The monoisotopic (exact) mass is 2200 g/mol. The summed E-state index contributed by atoms with van der Waals surface area (Å²) in [6.07, 6.45) is 9.35. The van der Waals surface area contributed by atoms with Crippen molar-refractivity contribution in [3.05, 3.63) is 203 Å². The molecule has 0 spiro atoms. The van der Waals surface area contributed by atoms with E-state index in [4.69, 9.17) is 0 Å². The first kappa shape index (κ1) is 71.8. The summed E-state index contributed by atoms with van der Waals surface area (Å²) in [5, 5.41) is 0. The van der Waals surface area contributed by atoms with Gasteiger partial charge in [0, 0.05) is 22.3 Å². The Hall–Kier alpha value is 1.04. The maximum atomic E-state index is 2.57. The summed E-state index contributed by atoms with van der Waals surface area (Å²) in [6.45, 7) is 36.8. The average Bonchev–Trinajstić information content (AvgIpc) is 4.09.